The molecule has 0 radical (unpaired) electrons. The number of ether oxygens (including phenoxy) is 1. The molecule has 0 amide bonds. The van der Waals surface area contributed by atoms with Crippen LogP contribution in [0.2, 0.25) is 5.02 Å². The van der Waals surface area contributed by atoms with Crippen molar-refractivity contribution in [2.75, 3.05) is 18.6 Å². The van der Waals surface area contributed by atoms with Gasteiger partial charge in [0.25, 0.3) is 0 Å². The fraction of sp³-hybridized carbons (Fsp3) is 0.200. The van der Waals surface area contributed by atoms with Gasteiger partial charge in [0.15, 0.2) is 0 Å². The number of hydrogen-bond donors (Lipinski definition) is 1. The lowest BCUT2D eigenvalue weighted by atomic mass is 10.0. The number of nitrogens with zero attached hydrogens (tertiary/aromatic N) is 3. The molecule has 0 saturated carbocycles. The first-order valence-corrected chi connectivity index (χ1v) is 11.0. The summed E-state index contributed by atoms with van der Waals surface area (Å²) >= 11 is 9.51. The van der Waals surface area contributed by atoms with Crippen molar-refractivity contribution in [1.29, 1.82) is 5.26 Å². The average molecular weight is 429 g/mol. The van der Waals surface area contributed by atoms with Crippen molar-refractivity contribution in [3.8, 4) is 23.1 Å². The number of nitriles is 1. The molecule has 1 unspecified atom stereocenters. The largest absolute Gasteiger partial charge is 0.497 e. The number of methoxy groups -OCH3 is 1. The second kappa shape index (κ2) is 8.00. The molecule has 1 aliphatic rings. The third kappa shape index (κ3) is 3.44. The summed E-state index contributed by atoms with van der Waals surface area (Å²) in [6.07, 6.45) is 1.84. The first kappa shape index (κ1) is 19.1. The van der Waals surface area contributed by atoms with Gasteiger partial charge >= 0.3 is 0 Å². The summed E-state index contributed by atoms with van der Waals surface area (Å²) in [5.41, 5.74) is 10.2. The number of nitrogens with two attached hydrogens (primary N) is 1. The minimum atomic E-state index is -0.217. The number of benzene rings is 1. The molecule has 28 heavy (non-hydrogen) atoms. The Kier molecular flexibility index (Phi) is 5.44. The van der Waals surface area contributed by atoms with Gasteiger partial charge in [0, 0.05) is 23.3 Å². The maximum Gasteiger partial charge on any atom is 0.137 e. The zero-order chi connectivity index (χ0) is 19.7. The molecule has 1 aliphatic heterocycles. The molecule has 0 bridgehead atoms. The number of pyridine rings is 1. The van der Waals surface area contributed by atoms with Crippen molar-refractivity contribution in [3.05, 3.63) is 63.9 Å². The lowest BCUT2D eigenvalue weighted by Gasteiger charge is -2.17. The van der Waals surface area contributed by atoms with Crippen molar-refractivity contribution < 1.29 is 4.74 Å². The number of hydrogen-bond acceptors (Lipinski definition) is 6. The van der Waals surface area contributed by atoms with Crippen molar-refractivity contribution in [2.45, 2.75) is 5.25 Å². The Morgan fingerprint density at radius 3 is 2.75 bits per heavy atom. The highest BCUT2D eigenvalue weighted by molar-refractivity contribution is 8.05. The Bertz CT molecular complexity index is 1100. The second-order valence-corrected chi connectivity index (χ2v) is 8.92. The van der Waals surface area contributed by atoms with Gasteiger partial charge in [0.1, 0.15) is 11.4 Å². The van der Waals surface area contributed by atoms with Gasteiger partial charge in [-0.25, -0.2) is 4.98 Å². The molecule has 1 atom stereocenters. The van der Waals surface area contributed by atoms with Crippen molar-refractivity contribution >= 4 is 40.8 Å². The fourth-order valence-corrected chi connectivity index (χ4v) is 5.64. The van der Waals surface area contributed by atoms with Gasteiger partial charge in [-0.05, 0) is 36.4 Å². The molecule has 142 valence electrons. The van der Waals surface area contributed by atoms with E-state index in [0.717, 1.165) is 39.9 Å². The van der Waals surface area contributed by atoms with Gasteiger partial charge in [-0.2, -0.15) is 5.26 Å². The average Bonchev–Trinajstić information content (AvgIpc) is 2.98. The summed E-state index contributed by atoms with van der Waals surface area (Å²) in [6, 6.07) is 13.8. The molecule has 0 spiro atoms. The van der Waals surface area contributed by atoms with Gasteiger partial charge in [-0.3, -0.25) is 0 Å². The lowest BCUT2D eigenvalue weighted by molar-refractivity contribution is 0.415. The van der Waals surface area contributed by atoms with E-state index in [0.29, 0.717) is 15.6 Å². The van der Waals surface area contributed by atoms with Crippen LogP contribution < -0.4 is 10.5 Å². The normalized spacial score (nSPS) is 17.4. The Hall–Kier alpha value is -2.27. The molecular weight excluding hydrogens is 412 g/mol. The topological polar surface area (TPSA) is 76.3 Å². The highest BCUT2D eigenvalue weighted by Crippen LogP contribution is 2.45. The Labute approximate surface area is 176 Å². The molecule has 4 rings (SSSR count). The standard InChI is InChI=1S/C20H17ClN4OS2/c1-26-14-5-2-12(3-6-14)17-18(25-11-13(21)4-7-16(25)24-17)19-15(10-22)20(23)28-9-8-27-19/h2-7,11,19H,8-9,23H2,1H3. The van der Waals surface area contributed by atoms with E-state index in [1.807, 2.05) is 47.0 Å². The minimum Gasteiger partial charge on any atom is -0.497 e. The predicted octanol–water partition coefficient (Wildman–Crippen LogP) is 4.88. The molecule has 1 aromatic carbocycles. The van der Waals surface area contributed by atoms with Crippen LogP contribution in [-0.4, -0.2) is 28.0 Å². The number of imidazole rings is 1. The molecule has 0 saturated heterocycles. The van der Waals surface area contributed by atoms with Crippen LogP contribution in [-0.2, 0) is 0 Å². The summed E-state index contributed by atoms with van der Waals surface area (Å²) in [6.45, 7) is 0. The van der Waals surface area contributed by atoms with Gasteiger partial charge in [0.2, 0.25) is 0 Å². The van der Waals surface area contributed by atoms with Crippen LogP contribution in [0.1, 0.15) is 10.9 Å². The number of fused-ring (bicyclic) bond motifs is 1. The third-order valence-corrected chi connectivity index (χ3v) is 7.16. The fourth-order valence-electron chi connectivity index (χ4n) is 3.19. The van der Waals surface area contributed by atoms with Crippen LogP contribution >= 0.6 is 35.1 Å². The number of thioether (sulfide) groups is 2. The molecule has 2 N–H and O–H groups in total. The van der Waals surface area contributed by atoms with Gasteiger partial charge < -0.3 is 14.9 Å². The highest BCUT2D eigenvalue weighted by atomic mass is 35.5. The number of rotatable bonds is 3. The van der Waals surface area contributed by atoms with Gasteiger partial charge in [0.05, 0.1) is 45.4 Å². The third-order valence-electron chi connectivity index (χ3n) is 4.50. The Morgan fingerprint density at radius 2 is 2.04 bits per heavy atom. The molecule has 8 heteroatoms. The predicted molar refractivity (Wildman–Crippen MR) is 117 cm³/mol. The van der Waals surface area contributed by atoms with Gasteiger partial charge in [-0.1, -0.05) is 11.6 Å². The maximum absolute atomic E-state index is 9.83. The van der Waals surface area contributed by atoms with Crippen molar-refractivity contribution in [2.24, 2.45) is 5.73 Å². The first-order valence-electron chi connectivity index (χ1n) is 8.58. The first-order chi connectivity index (χ1) is 13.6. The van der Waals surface area contributed by atoms with E-state index >= 15 is 0 Å². The summed E-state index contributed by atoms with van der Waals surface area (Å²) < 4.78 is 7.25. The Balaban J connectivity index is 1.98. The number of aromatic nitrogens is 2. The van der Waals surface area contributed by atoms with Crippen LogP contribution in [0.25, 0.3) is 16.9 Å². The smallest absolute Gasteiger partial charge is 0.137 e. The molecule has 2 aromatic heterocycles. The zero-order valence-electron chi connectivity index (χ0n) is 15.1. The van der Waals surface area contributed by atoms with E-state index in [9.17, 15) is 5.26 Å². The summed E-state index contributed by atoms with van der Waals surface area (Å²) in [7, 11) is 1.64. The molecule has 5 nitrogen and oxygen atoms in total. The van der Waals surface area contributed by atoms with E-state index in [4.69, 9.17) is 27.1 Å². The lowest BCUT2D eigenvalue weighted by Crippen LogP contribution is -2.07. The van der Waals surface area contributed by atoms with Crippen LogP contribution in [0.15, 0.2) is 53.2 Å². The molecule has 0 aliphatic carbocycles. The summed E-state index contributed by atoms with van der Waals surface area (Å²) in [5.74, 6) is 2.53. The van der Waals surface area contributed by atoms with E-state index in [1.165, 1.54) is 11.8 Å². The van der Waals surface area contributed by atoms with E-state index in [2.05, 4.69) is 6.07 Å². The molecular formula is C20H17ClN4OS2. The zero-order valence-corrected chi connectivity index (χ0v) is 17.4. The maximum atomic E-state index is 9.83. The SMILES string of the molecule is COc1ccc(-c2nc3ccc(Cl)cn3c2C2SCCSC(N)=C2C#N)cc1. The minimum absolute atomic E-state index is 0.217. The van der Waals surface area contributed by atoms with E-state index in [1.54, 1.807) is 18.9 Å². The molecule has 3 heterocycles. The quantitative estimate of drug-likeness (QED) is 0.640. The van der Waals surface area contributed by atoms with Crippen molar-refractivity contribution in [3.63, 3.8) is 0 Å². The number of halogens is 1. The monoisotopic (exact) mass is 428 g/mol. The van der Waals surface area contributed by atoms with Crippen LogP contribution in [0.3, 0.4) is 0 Å². The van der Waals surface area contributed by atoms with E-state index in [-0.39, 0.29) is 5.25 Å². The van der Waals surface area contributed by atoms with Crippen LogP contribution in [0.4, 0.5) is 0 Å². The van der Waals surface area contributed by atoms with Crippen LogP contribution in [0.5, 0.6) is 5.75 Å². The highest BCUT2D eigenvalue weighted by Gasteiger charge is 2.30. The molecule has 0 fully saturated rings. The van der Waals surface area contributed by atoms with Crippen molar-refractivity contribution in [1.82, 2.24) is 9.38 Å². The molecule has 3 aromatic rings. The summed E-state index contributed by atoms with van der Waals surface area (Å²) in [4.78, 5) is 4.85. The Morgan fingerprint density at radius 1 is 1.25 bits per heavy atom. The van der Waals surface area contributed by atoms with Crippen LogP contribution in [0, 0.1) is 11.3 Å². The second-order valence-electron chi connectivity index (χ2n) is 6.14. The van der Waals surface area contributed by atoms with Gasteiger partial charge in [-0.15, -0.1) is 23.5 Å². The van der Waals surface area contributed by atoms with E-state index < -0.39 is 0 Å². The summed E-state index contributed by atoms with van der Waals surface area (Å²) in [5, 5.41) is 10.8.